The lowest BCUT2D eigenvalue weighted by Gasteiger charge is -2.12. The first kappa shape index (κ1) is 8.48. The van der Waals surface area contributed by atoms with E-state index in [4.69, 9.17) is 11.6 Å². The summed E-state index contributed by atoms with van der Waals surface area (Å²) in [5.41, 5.74) is 0.981. The molecule has 2 rings (SSSR count). The Morgan fingerprint density at radius 1 is 1.17 bits per heavy atom. The molecule has 1 saturated heterocycles. The maximum Gasteiger partial charge on any atom is 0.132 e. The number of benzene rings is 1. The highest BCUT2D eigenvalue weighted by Crippen LogP contribution is 2.34. The normalized spacial score (nSPS) is 15.6. The summed E-state index contributed by atoms with van der Waals surface area (Å²) in [6, 6.07) is 7.56. The quantitative estimate of drug-likeness (QED) is 0.707. The van der Waals surface area contributed by atoms with Gasteiger partial charge < -0.3 is 0 Å². The largest absolute Gasteiger partial charge is 0.235 e. The van der Waals surface area contributed by atoms with Crippen LogP contribution in [0.3, 0.4) is 0 Å². The van der Waals surface area contributed by atoms with Crippen LogP contribution < -0.4 is 0 Å². The summed E-state index contributed by atoms with van der Waals surface area (Å²) in [6.07, 6.45) is 0. The molecule has 0 N–H and O–H groups in total. The maximum atomic E-state index is 5.74. The van der Waals surface area contributed by atoms with Crippen molar-refractivity contribution in [3.8, 4) is 0 Å². The summed E-state index contributed by atoms with van der Waals surface area (Å²) in [5.74, 6) is 0. The number of rotatable bonds is 1. The van der Waals surface area contributed by atoms with Crippen molar-refractivity contribution in [1.82, 2.24) is 0 Å². The van der Waals surface area contributed by atoms with E-state index in [1.54, 1.807) is 23.5 Å². The summed E-state index contributed by atoms with van der Waals surface area (Å²) in [5, 5.41) is 1.89. The zero-order chi connectivity index (χ0) is 8.39. The van der Waals surface area contributed by atoms with Crippen LogP contribution in [-0.2, 0) is 0 Å². The summed E-state index contributed by atoms with van der Waals surface area (Å²) in [6.45, 7) is 0. The number of thioether (sulfide) groups is 2. The van der Waals surface area contributed by atoms with Gasteiger partial charge in [-0.3, -0.25) is 0 Å². The second-order valence-corrected chi connectivity index (χ2v) is 5.25. The van der Waals surface area contributed by atoms with Gasteiger partial charge in [0, 0.05) is 5.02 Å². The average Bonchev–Trinajstić information content (AvgIpc) is 2.00. The number of halogens is 1. The van der Waals surface area contributed by atoms with Crippen LogP contribution in [0.2, 0.25) is 5.02 Å². The van der Waals surface area contributed by atoms with Crippen molar-refractivity contribution < 1.29 is 0 Å². The van der Waals surface area contributed by atoms with Gasteiger partial charge in [0.15, 0.2) is 0 Å². The topological polar surface area (TPSA) is 12.4 Å². The van der Waals surface area contributed by atoms with Crippen LogP contribution in [0, 0.1) is 0 Å². The Morgan fingerprint density at radius 2 is 1.83 bits per heavy atom. The second kappa shape index (κ2) is 3.73. The lowest BCUT2D eigenvalue weighted by Crippen LogP contribution is -1.96. The van der Waals surface area contributed by atoms with Crippen LogP contribution >= 0.6 is 35.1 Å². The SMILES string of the molecule is Clc1ccc(N=C2SCS2)cc1. The van der Waals surface area contributed by atoms with Crippen molar-refractivity contribution >= 4 is 45.2 Å². The highest BCUT2D eigenvalue weighted by atomic mass is 35.5. The minimum Gasteiger partial charge on any atom is -0.235 e. The van der Waals surface area contributed by atoms with Crippen LogP contribution in [-0.4, -0.2) is 9.46 Å². The van der Waals surface area contributed by atoms with Crippen LogP contribution in [0.5, 0.6) is 0 Å². The zero-order valence-corrected chi connectivity index (χ0v) is 8.55. The molecule has 0 saturated carbocycles. The van der Waals surface area contributed by atoms with Crippen LogP contribution in [0.4, 0.5) is 5.69 Å². The lowest BCUT2D eigenvalue weighted by atomic mass is 10.3. The van der Waals surface area contributed by atoms with Crippen LogP contribution in [0.1, 0.15) is 0 Å². The van der Waals surface area contributed by atoms with Crippen molar-refractivity contribution in [2.45, 2.75) is 0 Å². The van der Waals surface area contributed by atoms with Gasteiger partial charge in [-0.1, -0.05) is 35.1 Å². The summed E-state index contributed by atoms with van der Waals surface area (Å²) in [7, 11) is 0. The standard InChI is InChI=1S/C8H6ClNS2/c9-6-1-3-7(4-2-6)10-8-11-5-12-8/h1-4H,5H2. The molecule has 1 aliphatic heterocycles. The molecule has 1 nitrogen and oxygen atoms in total. The van der Waals surface area contributed by atoms with Crippen LogP contribution in [0.15, 0.2) is 29.3 Å². The smallest absolute Gasteiger partial charge is 0.132 e. The van der Waals surface area contributed by atoms with Crippen LogP contribution in [0.25, 0.3) is 0 Å². The second-order valence-electron chi connectivity index (χ2n) is 2.26. The Balaban J connectivity index is 2.18. The molecule has 0 bridgehead atoms. The Labute approximate surface area is 84.6 Å². The van der Waals surface area contributed by atoms with Crippen molar-refractivity contribution in [3.05, 3.63) is 29.3 Å². The monoisotopic (exact) mass is 215 g/mol. The molecule has 0 amide bonds. The minimum atomic E-state index is 0.757. The molecule has 0 aliphatic carbocycles. The van der Waals surface area contributed by atoms with E-state index in [0.717, 1.165) is 20.2 Å². The molecule has 1 aromatic rings. The van der Waals surface area contributed by atoms with E-state index >= 15 is 0 Å². The summed E-state index contributed by atoms with van der Waals surface area (Å²) < 4.78 is 1.15. The molecule has 1 aliphatic rings. The van der Waals surface area contributed by atoms with Gasteiger partial charge in [-0.05, 0) is 24.3 Å². The zero-order valence-electron chi connectivity index (χ0n) is 6.16. The van der Waals surface area contributed by atoms with E-state index in [1.807, 2.05) is 24.3 Å². The number of nitrogens with zero attached hydrogens (tertiary/aromatic N) is 1. The first-order valence-corrected chi connectivity index (χ1v) is 5.79. The van der Waals surface area contributed by atoms with Gasteiger partial charge in [-0.2, -0.15) is 0 Å². The fraction of sp³-hybridized carbons (Fsp3) is 0.125. The molecule has 0 unspecified atom stereocenters. The van der Waals surface area contributed by atoms with Gasteiger partial charge in [-0.25, -0.2) is 4.99 Å². The molecule has 1 fully saturated rings. The molecule has 0 spiro atoms. The van der Waals surface area contributed by atoms with Gasteiger partial charge in [0.05, 0.1) is 10.8 Å². The first-order chi connectivity index (χ1) is 5.84. The van der Waals surface area contributed by atoms with Crippen molar-refractivity contribution in [2.75, 3.05) is 5.08 Å². The van der Waals surface area contributed by atoms with Gasteiger partial charge >= 0.3 is 0 Å². The molecule has 0 atom stereocenters. The Bertz CT molecular complexity index is 301. The molecular weight excluding hydrogens is 210 g/mol. The Hall–Kier alpha value is -0.120. The fourth-order valence-corrected chi connectivity index (χ4v) is 2.16. The Morgan fingerprint density at radius 3 is 2.33 bits per heavy atom. The van der Waals surface area contributed by atoms with Gasteiger partial charge in [0.25, 0.3) is 0 Å². The molecular formula is C8H6ClNS2. The van der Waals surface area contributed by atoms with E-state index in [1.165, 1.54) is 0 Å². The van der Waals surface area contributed by atoms with E-state index in [0.29, 0.717) is 0 Å². The molecule has 1 heterocycles. The third-order valence-electron chi connectivity index (χ3n) is 1.41. The fourth-order valence-electron chi connectivity index (χ4n) is 0.797. The van der Waals surface area contributed by atoms with Crippen molar-refractivity contribution in [1.29, 1.82) is 0 Å². The maximum absolute atomic E-state index is 5.74. The Kier molecular flexibility index (Phi) is 2.63. The molecule has 62 valence electrons. The van der Waals surface area contributed by atoms with E-state index in [9.17, 15) is 0 Å². The molecule has 12 heavy (non-hydrogen) atoms. The van der Waals surface area contributed by atoms with Crippen molar-refractivity contribution in [3.63, 3.8) is 0 Å². The third-order valence-corrected chi connectivity index (χ3v) is 3.99. The molecule has 1 aromatic carbocycles. The predicted molar refractivity (Wildman–Crippen MR) is 58.6 cm³/mol. The highest BCUT2D eigenvalue weighted by molar-refractivity contribution is 8.52. The minimum absolute atomic E-state index is 0.757. The third kappa shape index (κ3) is 1.97. The molecule has 4 heteroatoms. The predicted octanol–water partition coefficient (Wildman–Crippen LogP) is 3.77. The number of hydrogen-bond acceptors (Lipinski definition) is 3. The lowest BCUT2D eigenvalue weighted by molar-refractivity contribution is 1.54. The molecule has 0 radical (unpaired) electrons. The molecule has 0 aromatic heterocycles. The number of aliphatic imine (C=N–C) groups is 1. The first-order valence-electron chi connectivity index (χ1n) is 3.44. The van der Waals surface area contributed by atoms with E-state index < -0.39 is 0 Å². The summed E-state index contributed by atoms with van der Waals surface area (Å²) in [4.78, 5) is 4.39. The number of hydrogen-bond donors (Lipinski definition) is 0. The highest BCUT2D eigenvalue weighted by Gasteiger charge is 2.11. The average molecular weight is 216 g/mol. The van der Waals surface area contributed by atoms with E-state index in [-0.39, 0.29) is 0 Å². The van der Waals surface area contributed by atoms with Gasteiger partial charge in [0.1, 0.15) is 4.38 Å². The van der Waals surface area contributed by atoms with E-state index in [2.05, 4.69) is 4.99 Å². The summed E-state index contributed by atoms with van der Waals surface area (Å²) >= 11 is 9.31. The van der Waals surface area contributed by atoms with Gasteiger partial charge in [-0.15, -0.1) is 0 Å². The van der Waals surface area contributed by atoms with Crippen molar-refractivity contribution in [2.24, 2.45) is 4.99 Å². The van der Waals surface area contributed by atoms with Gasteiger partial charge in [0.2, 0.25) is 0 Å².